The Kier molecular flexibility index (Phi) is 5.50. The third kappa shape index (κ3) is 4.07. The van der Waals surface area contributed by atoms with Crippen molar-refractivity contribution in [1.29, 1.82) is 0 Å². The second-order valence-electron chi connectivity index (χ2n) is 6.55. The molecule has 0 aromatic heterocycles. The molecule has 0 aliphatic heterocycles. The SMILES string of the molecule is CCOc1ccc(C(=O)Nc2ccccc2C(C)(C)C)cc1OC. The lowest BCUT2D eigenvalue weighted by atomic mass is 9.86. The van der Waals surface area contributed by atoms with Gasteiger partial charge in [0.2, 0.25) is 0 Å². The molecule has 0 aliphatic carbocycles. The van der Waals surface area contributed by atoms with Crippen molar-refractivity contribution >= 4 is 11.6 Å². The van der Waals surface area contributed by atoms with Crippen LogP contribution < -0.4 is 14.8 Å². The molecule has 0 atom stereocenters. The normalized spacial score (nSPS) is 11.0. The summed E-state index contributed by atoms with van der Waals surface area (Å²) in [6, 6.07) is 13.0. The van der Waals surface area contributed by atoms with Crippen LogP contribution in [0.5, 0.6) is 11.5 Å². The molecule has 2 aromatic carbocycles. The van der Waals surface area contributed by atoms with Crippen molar-refractivity contribution in [2.45, 2.75) is 33.1 Å². The van der Waals surface area contributed by atoms with Gasteiger partial charge in [-0.05, 0) is 42.2 Å². The second kappa shape index (κ2) is 7.39. The zero-order chi connectivity index (χ0) is 17.7. The molecule has 0 saturated heterocycles. The van der Waals surface area contributed by atoms with Gasteiger partial charge in [-0.1, -0.05) is 39.0 Å². The fourth-order valence-electron chi connectivity index (χ4n) is 2.52. The Bertz CT molecular complexity index is 717. The van der Waals surface area contributed by atoms with Crippen LogP contribution in [0, 0.1) is 0 Å². The summed E-state index contributed by atoms with van der Waals surface area (Å²) in [7, 11) is 1.56. The fourth-order valence-corrected chi connectivity index (χ4v) is 2.52. The zero-order valence-electron chi connectivity index (χ0n) is 15.0. The van der Waals surface area contributed by atoms with Crippen LogP contribution in [-0.4, -0.2) is 19.6 Å². The van der Waals surface area contributed by atoms with Crippen LogP contribution in [0.1, 0.15) is 43.6 Å². The summed E-state index contributed by atoms with van der Waals surface area (Å²) >= 11 is 0. The molecule has 24 heavy (non-hydrogen) atoms. The number of carbonyl (C=O) groups excluding carboxylic acids is 1. The summed E-state index contributed by atoms with van der Waals surface area (Å²) in [6.07, 6.45) is 0. The predicted octanol–water partition coefficient (Wildman–Crippen LogP) is 4.64. The van der Waals surface area contributed by atoms with E-state index in [0.29, 0.717) is 23.7 Å². The van der Waals surface area contributed by atoms with Crippen molar-refractivity contribution < 1.29 is 14.3 Å². The summed E-state index contributed by atoms with van der Waals surface area (Å²) < 4.78 is 10.8. The van der Waals surface area contributed by atoms with Gasteiger partial charge in [-0.25, -0.2) is 0 Å². The number of ether oxygens (including phenoxy) is 2. The van der Waals surface area contributed by atoms with Gasteiger partial charge in [-0.15, -0.1) is 0 Å². The van der Waals surface area contributed by atoms with Gasteiger partial charge in [0.05, 0.1) is 13.7 Å². The molecule has 1 amide bonds. The summed E-state index contributed by atoms with van der Waals surface area (Å²) in [4.78, 5) is 12.6. The molecule has 128 valence electrons. The molecule has 0 unspecified atom stereocenters. The van der Waals surface area contributed by atoms with E-state index in [1.54, 1.807) is 25.3 Å². The van der Waals surface area contributed by atoms with E-state index < -0.39 is 0 Å². The van der Waals surface area contributed by atoms with Gasteiger partial charge in [0.25, 0.3) is 5.91 Å². The Balaban J connectivity index is 2.28. The number of methoxy groups -OCH3 is 1. The molecule has 4 heteroatoms. The number of nitrogens with one attached hydrogen (secondary N) is 1. The second-order valence-corrected chi connectivity index (χ2v) is 6.55. The van der Waals surface area contributed by atoms with Crippen molar-refractivity contribution in [3.05, 3.63) is 53.6 Å². The van der Waals surface area contributed by atoms with Crippen LogP contribution in [0.2, 0.25) is 0 Å². The Morgan fingerprint density at radius 1 is 1.08 bits per heavy atom. The van der Waals surface area contributed by atoms with E-state index in [2.05, 4.69) is 26.1 Å². The largest absolute Gasteiger partial charge is 0.493 e. The summed E-state index contributed by atoms with van der Waals surface area (Å²) in [6.45, 7) is 8.82. The molecule has 0 bridgehead atoms. The van der Waals surface area contributed by atoms with Crippen LogP contribution >= 0.6 is 0 Å². The number of carbonyl (C=O) groups is 1. The first-order valence-corrected chi connectivity index (χ1v) is 8.08. The highest BCUT2D eigenvalue weighted by Gasteiger charge is 2.19. The highest BCUT2D eigenvalue weighted by molar-refractivity contribution is 6.05. The molecule has 4 nitrogen and oxygen atoms in total. The monoisotopic (exact) mass is 327 g/mol. The number of hydrogen-bond donors (Lipinski definition) is 1. The zero-order valence-corrected chi connectivity index (χ0v) is 15.0. The minimum atomic E-state index is -0.173. The fraction of sp³-hybridized carbons (Fsp3) is 0.350. The van der Waals surface area contributed by atoms with Crippen LogP contribution in [0.4, 0.5) is 5.69 Å². The van der Waals surface area contributed by atoms with Crippen LogP contribution in [0.3, 0.4) is 0 Å². The molecule has 1 N–H and O–H groups in total. The highest BCUT2D eigenvalue weighted by Crippen LogP contribution is 2.31. The molecular formula is C20H25NO3. The number of para-hydroxylation sites is 1. The van der Waals surface area contributed by atoms with Gasteiger partial charge in [0.15, 0.2) is 11.5 Å². The first kappa shape index (κ1) is 17.9. The molecule has 2 aromatic rings. The Morgan fingerprint density at radius 2 is 1.79 bits per heavy atom. The number of hydrogen-bond acceptors (Lipinski definition) is 3. The average Bonchev–Trinajstić information content (AvgIpc) is 2.55. The minimum absolute atomic E-state index is 0.0552. The lowest BCUT2D eigenvalue weighted by Gasteiger charge is -2.23. The van der Waals surface area contributed by atoms with Gasteiger partial charge in [-0.3, -0.25) is 4.79 Å². The molecule has 0 radical (unpaired) electrons. The van der Waals surface area contributed by atoms with Crippen molar-refractivity contribution in [3.8, 4) is 11.5 Å². The van der Waals surface area contributed by atoms with Crippen molar-refractivity contribution in [2.24, 2.45) is 0 Å². The first-order valence-electron chi connectivity index (χ1n) is 8.08. The van der Waals surface area contributed by atoms with E-state index in [0.717, 1.165) is 11.3 Å². The van der Waals surface area contributed by atoms with Gasteiger partial charge >= 0.3 is 0 Å². The molecule has 2 rings (SSSR count). The molecule has 0 heterocycles. The van der Waals surface area contributed by atoms with E-state index in [1.807, 2.05) is 31.2 Å². The standard InChI is InChI=1S/C20H25NO3/c1-6-24-17-12-11-14(13-18(17)23-5)19(22)21-16-10-8-7-9-15(16)20(2,3)4/h7-13H,6H2,1-5H3,(H,21,22). The van der Waals surface area contributed by atoms with E-state index in [4.69, 9.17) is 9.47 Å². The van der Waals surface area contributed by atoms with Gasteiger partial charge in [0.1, 0.15) is 0 Å². The van der Waals surface area contributed by atoms with Crippen LogP contribution in [0.25, 0.3) is 0 Å². The lowest BCUT2D eigenvalue weighted by molar-refractivity contribution is 0.102. The molecule has 0 aliphatic rings. The number of anilines is 1. The molecular weight excluding hydrogens is 302 g/mol. The van der Waals surface area contributed by atoms with E-state index in [1.165, 1.54) is 0 Å². The topological polar surface area (TPSA) is 47.6 Å². The molecule has 0 saturated carbocycles. The highest BCUT2D eigenvalue weighted by atomic mass is 16.5. The summed E-state index contributed by atoms with van der Waals surface area (Å²) in [5.74, 6) is 1.01. The molecule has 0 spiro atoms. The van der Waals surface area contributed by atoms with Crippen LogP contribution in [0.15, 0.2) is 42.5 Å². The smallest absolute Gasteiger partial charge is 0.255 e. The number of rotatable bonds is 5. The Morgan fingerprint density at radius 3 is 2.42 bits per heavy atom. The number of amides is 1. The Hall–Kier alpha value is -2.49. The van der Waals surface area contributed by atoms with E-state index in [-0.39, 0.29) is 11.3 Å². The summed E-state index contributed by atoms with van der Waals surface area (Å²) in [5.41, 5.74) is 2.39. The van der Waals surface area contributed by atoms with Crippen molar-refractivity contribution in [3.63, 3.8) is 0 Å². The third-order valence-corrected chi connectivity index (χ3v) is 3.71. The van der Waals surface area contributed by atoms with E-state index in [9.17, 15) is 4.79 Å². The quantitative estimate of drug-likeness (QED) is 0.870. The van der Waals surface area contributed by atoms with E-state index >= 15 is 0 Å². The average molecular weight is 327 g/mol. The Labute approximate surface area is 143 Å². The maximum absolute atomic E-state index is 12.6. The number of benzene rings is 2. The predicted molar refractivity (Wildman–Crippen MR) is 97.3 cm³/mol. The lowest BCUT2D eigenvalue weighted by Crippen LogP contribution is -2.18. The van der Waals surface area contributed by atoms with Crippen molar-refractivity contribution in [1.82, 2.24) is 0 Å². The summed E-state index contributed by atoms with van der Waals surface area (Å²) in [5, 5.41) is 3.00. The molecule has 0 fully saturated rings. The van der Waals surface area contributed by atoms with Crippen molar-refractivity contribution in [2.75, 3.05) is 19.0 Å². The van der Waals surface area contributed by atoms with Gasteiger partial charge in [-0.2, -0.15) is 0 Å². The third-order valence-electron chi connectivity index (χ3n) is 3.71. The maximum Gasteiger partial charge on any atom is 0.255 e. The maximum atomic E-state index is 12.6. The van der Waals surface area contributed by atoms with Gasteiger partial charge < -0.3 is 14.8 Å². The first-order chi connectivity index (χ1) is 11.4. The van der Waals surface area contributed by atoms with Crippen LogP contribution in [-0.2, 0) is 5.41 Å². The van der Waals surface area contributed by atoms with Gasteiger partial charge in [0, 0.05) is 11.3 Å². The minimum Gasteiger partial charge on any atom is -0.493 e.